The molecule has 29 heavy (non-hydrogen) atoms. The summed E-state index contributed by atoms with van der Waals surface area (Å²) in [4.78, 5) is 44.2. The number of nitrogens with two attached hydrogens (primary N) is 1. The lowest BCUT2D eigenvalue weighted by Crippen LogP contribution is -2.34. The third-order valence-corrected chi connectivity index (χ3v) is 3.81. The fourth-order valence-electron chi connectivity index (χ4n) is 2.51. The summed E-state index contributed by atoms with van der Waals surface area (Å²) >= 11 is 0. The van der Waals surface area contributed by atoms with Crippen molar-refractivity contribution in [3.63, 3.8) is 0 Å². The largest absolute Gasteiger partial charge is 0.443 e. The fraction of sp³-hybridized carbons (Fsp3) is 0.278. The standard InChI is InChI=1S/C18H21N7O4/c1-18(2,3)29-17(28)24(4)11-8-13(22-10-6-5-7-20-16(10)27)23-25-12(14(19)26)9-21-15(11)25/h5-9H,1-4H3,(H2,19,26)(H,20,27)(H,22,23). The number of aromatic amines is 1. The van der Waals surface area contributed by atoms with E-state index in [9.17, 15) is 14.4 Å². The van der Waals surface area contributed by atoms with Crippen LogP contribution in [0.5, 0.6) is 0 Å². The first-order chi connectivity index (χ1) is 13.6. The van der Waals surface area contributed by atoms with E-state index in [2.05, 4.69) is 20.4 Å². The highest BCUT2D eigenvalue weighted by Gasteiger charge is 2.25. The molecular weight excluding hydrogens is 378 g/mol. The molecule has 0 atom stereocenters. The zero-order valence-corrected chi connectivity index (χ0v) is 16.4. The second kappa shape index (κ2) is 7.26. The maximum atomic E-state index is 12.5. The number of anilines is 3. The summed E-state index contributed by atoms with van der Waals surface area (Å²) in [7, 11) is 1.50. The first-order valence-electron chi connectivity index (χ1n) is 8.67. The lowest BCUT2D eigenvalue weighted by molar-refractivity contribution is 0.0589. The van der Waals surface area contributed by atoms with Gasteiger partial charge in [-0.1, -0.05) is 0 Å². The lowest BCUT2D eigenvalue weighted by atomic mass is 10.2. The molecule has 0 saturated carbocycles. The maximum absolute atomic E-state index is 12.5. The minimum atomic E-state index is -0.745. The summed E-state index contributed by atoms with van der Waals surface area (Å²) in [5.41, 5.74) is 5.10. The van der Waals surface area contributed by atoms with Crippen LogP contribution < -0.4 is 21.5 Å². The van der Waals surface area contributed by atoms with E-state index in [-0.39, 0.29) is 28.4 Å². The number of pyridine rings is 1. The minimum absolute atomic E-state index is 0.0180. The number of rotatable bonds is 4. The zero-order valence-electron chi connectivity index (χ0n) is 16.4. The number of primary amides is 1. The molecule has 3 rings (SSSR count). The van der Waals surface area contributed by atoms with Gasteiger partial charge < -0.3 is 20.8 Å². The minimum Gasteiger partial charge on any atom is -0.443 e. The van der Waals surface area contributed by atoms with E-state index < -0.39 is 17.6 Å². The van der Waals surface area contributed by atoms with Crippen molar-refractivity contribution in [2.24, 2.45) is 5.73 Å². The summed E-state index contributed by atoms with van der Waals surface area (Å²) in [5, 5.41) is 7.15. The molecule has 3 aromatic heterocycles. The van der Waals surface area contributed by atoms with E-state index in [0.717, 1.165) is 0 Å². The van der Waals surface area contributed by atoms with Crippen LogP contribution in [0.15, 0.2) is 35.4 Å². The van der Waals surface area contributed by atoms with Gasteiger partial charge in [-0.05, 0) is 32.9 Å². The molecule has 3 heterocycles. The molecule has 0 spiro atoms. The molecule has 0 aliphatic rings. The van der Waals surface area contributed by atoms with Gasteiger partial charge in [0.2, 0.25) is 0 Å². The normalized spacial score (nSPS) is 11.3. The number of H-pyrrole nitrogens is 1. The summed E-state index contributed by atoms with van der Waals surface area (Å²) in [6.45, 7) is 5.24. The van der Waals surface area contributed by atoms with Crippen LogP contribution in [0.3, 0.4) is 0 Å². The van der Waals surface area contributed by atoms with Gasteiger partial charge in [-0.3, -0.25) is 14.5 Å². The van der Waals surface area contributed by atoms with Crippen molar-refractivity contribution in [2.75, 3.05) is 17.3 Å². The molecule has 0 fully saturated rings. The van der Waals surface area contributed by atoms with Crippen LogP contribution in [0.2, 0.25) is 0 Å². The number of ether oxygens (including phenoxy) is 1. The van der Waals surface area contributed by atoms with Gasteiger partial charge in [0.15, 0.2) is 11.5 Å². The highest BCUT2D eigenvalue weighted by atomic mass is 16.6. The van der Waals surface area contributed by atoms with E-state index in [1.54, 1.807) is 32.9 Å². The molecule has 3 aromatic rings. The molecule has 2 amide bonds. The Bertz CT molecular complexity index is 1140. The number of amides is 2. The molecule has 11 heteroatoms. The highest BCUT2D eigenvalue weighted by molar-refractivity contribution is 5.96. The number of hydrogen-bond donors (Lipinski definition) is 3. The van der Waals surface area contributed by atoms with Crippen molar-refractivity contribution in [2.45, 2.75) is 26.4 Å². The van der Waals surface area contributed by atoms with Crippen LogP contribution in [-0.4, -0.2) is 44.2 Å². The molecule has 0 bridgehead atoms. The Morgan fingerprint density at radius 3 is 2.69 bits per heavy atom. The van der Waals surface area contributed by atoms with Gasteiger partial charge in [0, 0.05) is 19.3 Å². The molecule has 0 unspecified atom stereocenters. The number of carbonyl (C=O) groups is 2. The molecule has 152 valence electrons. The number of carbonyl (C=O) groups excluding carboxylic acids is 2. The SMILES string of the molecule is CN(C(=O)OC(C)(C)C)c1cc(Nc2ccc[nH]c2=O)nn2c(C(N)=O)cnc12. The average molecular weight is 399 g/mol. The average Bonchev–Trinajstić information content (AvgIpc) is 3.05. The van der Waals surface area contributed by atoms with Gasteiger partial charge >= 0.3 is 6.09 Å². The van der Waals surface area contributed by atoms with E-state index in [1.165, 1.54) is 34.9 Å². The third kappa shape index (κ3) is 4.18. The molecule has 0 aliphatic heterocycles. The van der Waals surface area contributed by atoms with Crippen molar-refractivity contribution in [3.8, 4) is 0 Å². The van der Waals surface area contributed by atoms with Crippen LogP contribution in [0, 0.1) is 0 Å². The Morgan fingerprint density at radius 1 is 1.34 bits per heavy atom. The maximum Gasteiger partial charge on any atom is 0.414 e. The molecule has 11 nitrogen and oxygen atoms in total. The number of imidazole rings is 1. The second-order valence-corrected chi connectivity index (χ2v) is 7.24. The Hall–Kier alpha value is -3.89. The van der Waals surface area contributed by atoms with E-state index in [0.29, 0.717) is 5.69 Å². The summed E-state index contributed by atoms with van der Waals surface area (Å²) in [6.07, 6.45) is 2.13. The monoisotopic (exact) mass is 399 g/mol. The predicted octanol–water partition coefficient (Wildman–Crippen LogP) is 1.63. The van der Waals surface area contributed by atoms with Crippen LogP contribution in [-0.2, 0) is 4.74 Å². The van der Waals surface area contributed by atoms with Gasteiger partial charge in [-0.25, -0.2) is 14.3 Å². The Balaban J connectivity index is 2.12. The van der Waals surface area contributed by atoms with Crippen molar-refractivity contribution in [1.82, 2.24) is 19.6 Å². The van der Waals surface area contributed by atoms with Crippen LogP contribution in [0.1, 0.15) is 31.3 Å². The number of fused-ring (bicyclic) bond motifs is 1. The number of nitrogens with one attached hydrogen (secondary N) is 2. The Labute approximate surface area is 165 Å². The van der Waals surface area contributed by atoms with Crippen LogP contribution in [0.4, 0.5) is 22.0 Å². The Morgan fingerprint density at radius 2 is 2.07 bits per heavy atom. The van der Waals surface area contributed by atoms with E-state index in [4.69, 9.17) is 10.5 Å². The van der Waals surface area contributed by atoms with Gasteiger partial charge in [0.1, 0.15) is 17.0 Å². The third-order valence-electron chi connectivity index (χ3n) is 3.81. The molecule has 4 N–H and O–H groups in total. The lowest BCUT2D eigenvalue weighted by Gasteiger charge is -2.25. The van der Waals surface area contributed by atoms with Crippen molar-refractivity contribution < 1.29 is 14.3 Å². The number of nitrogens with zero attached hydrogens (tertiary/aromatic N) is 4. The van der Waals surface area contributed by atoms with Crippen molar-refractivity contribution in [1.29, 1.82) is 0 Å². The summed E-state index contributed by atoms with van der Waals surface area (Å²) in [5.74, 6) is -0.550. The molecule has 0 saturated heterocycles. The topological polar surface area (TPSA) is 148 Å². The van der Waals surface area contributed by atoms with E-state index in [1.807, 2.05) is 0 Å². The molecule has 0 radical (unpaired) electrons. The van der Waals surface area contributed by atoms with E-state index >= 15 is 0 Å². The first-order valence-corrected chi connectivity index (χ1v) is 8.67. The van der Waals surface area contributed by atoms with Gasteiger partial charge in [0.05, 0.1) is 11.9 Å². The van der Waals surface area contributed by atoms with Crippen LogP contribution >= 0.6 is 0 Å². The Kier molecular flexibility index (Phi) is 4.97. The van der Waals surface area contributed by atoms with Gasteiger partial charge in [-0.15, -0.1) is 5.10 Å². The molecule has 0 aromatic carbocycles. The van der Waals surface area contributed by atoms with Gasteiger partial charge in [-0.2, -0.15) is 0 Å². The molecular formula is C18H21N7O4. The fourth-order valence-corrected chi connectivity index (χ4v) is 2.51. The first kappa shape index (κ1) is 19.9. The number of aromatic nitrogens is 4. The van der Waals surface area contributed by atoms with Crippen molar-refractivity contribution in [3.05, 3.63) is 46.6 Å². The van der Waals surface area contributed by atoms with Crippen LogP contribution in [0.25, 0.3) is 5.65 Å². The molecule has 0 aliphatic carbocycles. The number of hydrogen-bond acceptors (Lipinski definition) is 7. The van der Waals surface area contributed by atoms with Crippen molar-refractivity contribution >= 4 is 34.8 Å². The quantitative estimate of drug-likeness (QED) is 0.604. The predicted molar refractivity (Wildman–Crippen MR) is 106 cm³/mol. The summed E-state index contributed by atoms with van der Waals surface area (Å²) < 4.78 is 6.60. The van der Waals surface area contributed by atoms with Gasteiger partial charge in [0.25, 0.3) is 11.5 Å². The highest BCUT2D eigenvalue weighted by Crippen LogP contribution is 2.26. The zero-order chi connectivity index (χ0) is 21.3. The smallest absolute Gasteiger partial charge is 0.414 e. The second-order valence-electron chi connectivity index (χ2n) is 7.24. The summed E-state index contributed by atoms with van der Waals surface area (Å²) in [6, 6.07) is 4.72.